The van der Waals surface area contributed by atoms with E-state index in [2.05, 4.69) is 26.3 Å². The Labute approximate surface area is 133 Å². The van der Waals surface area contributed by atoms with Crippen LogP contribution < -0.4 is 5.32 Å². The number of amides is 1. The minimum atomic E-state index is -1.43. The summed E-state index contributed by atoms with van der Waals surface area (Å²) in [5.74, 6) is -1.62. The number of nitrogens with zero attached hydrogens (tertiary/aromatic N) is 2. The van der Waals surface area contributed by atoms with Crippen LogP contribution in [0.1, 0.15) is 25.2 Å². The zero-order valence-corrected chi connectivity index (χ0v) is 14.5. The fourth-order valence-electron chi connectivity index (χ4n) is 1.82. The molecule has 2 N–H and O–H groups in total. The monoisotopic (exact) mass is 379 g/mol. The minimum absolute atomic E-state index is 0.144. The van der Waals surface area contributed by atoms with E-state index in [1.165, 1.54) is 6.92 Å². The van der Waals surface area contributed by atoms with Gasteiger partial charge in [0.25, 0.3) is 0 Å². The summed E-state index contributed by atoms with van der Waals surface area (Å²) in [5.41, 5.74) is 1.56. The minimum Gasteiger partial charge on any atom is -0.480 e. The van der Waals surface area contributed by atoms with Crippen LogP contribution in [-0.4, -0.2) is 42.8 Å². The molecule has 0 fully saturated rings. The molecule has 1 rings (SSSR count). The average Bonchev–Trinajstić information content (AvgIpc) is 2.65. The zero-order chi connectivity index (χ0) is 16.2. The lowest BCUT2D eigenvalue weighted by Crippen LogP contribution is -2.43. The third kappa shape index (κ3) is 4.92. The topological polar surface area (TPSA) is 101 Å². The lowest BCUT2D eigenvalue weighted by atomic mass is 10.3. The predicted octanol–water partition coefficient (Wildman–Crippen LogP) is 0.812. The van der Waals surface area contributed by atoms with Crippen molar-refractivity contribution in [2.24, 2.45) is 0 Å². The van der Waals surface area contributed by atoms with Gasteiger partial charge in [-0.05, 0) is 29.8 Å². The van der Waals surface area contributed by atoms with Gasteiger partial charge in [0.2, 0.25) is 5.91 Å². The molecule has 2 atom stereocenters. The number of carboxylic acids is 1. The van der Waals surface area contributed by atoms with Gasteiger partial charge < -0.3 is 10.4 Å². The second kappa shape index (κ2) is 7.69. The van der Waals surface area contributed by atoms with Gasteiger partial charge in [-0.2, -0.15) is 5.10 Å². The van der Waals surface area contributed by atoms with E-state index >= 15 is 0 Å². The maximum Gasteiger partial charge on any atom is 0.327 e. The normalized spacial score (nSPS) is 13.7. The molecule has 0 saturated heterocycles. The molecule has 0 aliphatic rings. The highest BCUT2D eigenvalue weighted by atomic mass is 79.9. The summed E-state index contributed by atoms with van der Waals surface area (Å²) in [4.78, 5) is 22.0. The first-order valence-electron chi connectivity index (χ1n) is 6.32. The third-order valence-electron chi connectivity index (χ3n) is 2.78. The highest BCUT2D eigenvalue weighted by molar-refractivity contribution is 9.10. The van der Waals surface area contributed by atoms with Crippen LogP contribution in [0.2, 0.25) is 0 Å². The van der Waals surface area contributed by atoms with Gasteiger partial charge in [0.05, 0.1) is 27.4 Å². The fourth-order valence-corrected chi connectivity index (χ4v) is 3.75. The predicted molar refractivity (Wildman–Crippen MR) is 82.3 cm³/mol. The summed E-state index contributed by atoms with van der Waals surface area (Å²) in [6, 6.07) is -1.15. The van der Waals surface area contributed by atoms with E-state index in [-0.39, 0.29) is 11.5 Å². The third-order valence-corrected chi connectivity index (χ3v) is 5.11. The number of nitrogens with one attached hydrogen (secondary N) is 1. The van der Waals surface area contributed by atoms with Crippen LogP contribution in [0, 0.1) is 6.92 Å². The highest BCUT2D eigenvalue weighted by Gasteiger charge is 2.23. The maximum absolute atomic E-state index is 12.2. The van der Waals surface area contributed by atoms with Gasteiger partial charge in [0.15, 0.2) is 0 Å². The van der Waals surface area contributed by atoms with Gasteiger partial charge >= 0.3 is 5.97 Å². The first kappa shape index (κ1) is 17.8. The number of hydrogen-bond donors (Lipinski definition) is 2. The van der Waals surface area contributed by atoms with Gasteiger partial charge in [-0.15, -0.1) is 0 Å². The van der Waals surface area contributed by atoms with Crippen molar-refractivity contribution in [3.63, 3.8) is 0 Å². The van der Waals surface area contributed by atoms with Crippen LogP contribution in [-0.2, 0) is 32.7 Å². The number of hydrogen-bond acceptors (Lipinski definition) is 4. The Bertz CT molecular complexity index is 573. The lowest BCUT2D eigenvalue weighted by Gasteiger charge is -2.13. The van der Waals surface area contributed by atoms with Crippen molar-refractivity contribution in [1.82, 2.24) is 15.1 Å². The van der Waals surface area contributed by atoms with Crippen LogP contribution in [0.4, 0.5) is 0 Å². The van der Waals surface area contributed by atoms with Crippen molar-refractivity contribution in [2.45, 2.75) is 39.1 Å². The molecule has 2 unspecified atom stereocenters. The molecule has 0 radical (unpaired) electrons. The molecule has 7 nitrogen and oxygen atoms in total. The van der Waals surface area contributed by atoms with Crippen molar-refractivity contribution in [3.05, 3.63) is 15.9 Å². The van der Waals surface area contributed by atoms with Gasteiger partial charge in [-0.3, -0.25) is 13.7 Å². The molecule has 0 aliphatic heterocycles. The summed E-state index contributed by atoms with van der Waals surface area (Å²) in [5, 5.41) is 15.6. The summed E-state index contributed by atoms with van der Waals surface area (Å²) < 4.78 is 14.7. The molecular formula is C12H18BrN3O4S. The van der Waals surface area contributed by atoms with E-state index in [1.807, 2.05) is 13.8 Å². The van der Waals surface area contributed by atoms with Gasteiger partial charge in [-0.1, -0.05) is 0 Å². The summed E-state index contributed by atoms with van der Waals surface area (Å²) in [6.45, 7) is 5.61. The molecule has 0 spiro atoms. The number of aromatic nitrogens is 2. The Hall–Kier alpha value is -1.22. The Kier molecular flexibility index (Phi) is 6.53. The quantitative estimate of drug-likeness (QED) is 0.729. The SMILES string of the molecule is CCn1nc(C)c(Br)c1CS(=O)CC(NC(C)=O)C(=O)O. The molecule has 118 valence electrons. The first-order valence-corrected chi connectivity index (χ1v) is 8.61. The summed E-state index contributed by atoms with van der Waals surface area (Å²) in [7, 11) is -1.43. The zero-order valence-electron chi connectivity index (χ0n) is 12.1. The first-order chi connectivity index (χ1) is 9.76. The Morgan fingerprint density at radius 1 is 1.52 bits per heavy atom. The molecule has 0 aromatic carbocycles. The lowest BCUT2D eigenvalue weighted by molar-refractivity contribution is -0.140. The van der Waals surface area contributed by atoms with Gasteiger partial charge in [0, 0.05) is 24.3 Å². The van der Waals surface area contributed by atoms with E-state index in [0.717, 1.165) is 15.9 Å². The summed E-state index contributed by atoms with van der Waals surface area (Å²) in [6.07, 6.45) is 0. The number of rotatable bonds is 7. The van der Waals surface area contributed by atoms with Crippen molar-refractivity contribution < 1.29 is 18.9 Å². The van der Waals surface area contributed by atoms with E-state index in [9.17, 15) is 13.8 Å². The molecule has 21 heavy (non-hydrogen) atoms. The number of carboxylic acid groups (broad SMARTS) is 1. The van der Waals surface area contributed by atoms with Crippen LogP contribution in [0.15, 0.2) is 4.47 Å². The molecule has 1 heterocycles. The maximum atomic E-state index is 12.2. The highest BCUT2D eigenvalue weighted by Crippen LogP contribution is 2.22. The fraction of sp³-hybridized carbons (Fsp3) is 0.583. The molecule has 1 aromatic rings. The number of carbonyl (C=O) groups is 2. The smallest absolute Gasteiger partial charge is 0.327 e. The Morgan fingerprint density at radius 2 is 2.14 bits per heavy atom. The molecule has 1 amide bonds. The second-order valence-corrected chi connectivity index (χ2v) is 6.80. The number of aryl methyl sites for hydroxylation is 2. The molecule has 0 aliphatic carbocycles. The van der Waals surface area contributed by atoms with E-state index < -0.39 is 28.7 Å². The van der Waals surface area contributed by atoms with Crippen molar-refractivity contribution in [2.75, 3.05) is 5.75 Å². The van der Waals surface area contributed by atoms with E-state index in [1.54, 1.807) is 4.68 Å². The number of aliphatic carboxylic acids is 1. The molecule has 9 heteroatoms. The standard InChI is InChI=1S/C12H18BrN3O4S/c1-4-16-10(11(13)7(2)15-16)6-21(20)5-9(12(18)19)14-8(3)17/h9H,4-6H2,1-3H3,(H,14,17)(H,18,19). The van der Waals surface area contributed by atoms with E-state index in [0.29, 0.717) is 6.54 Å². The van der Waals surface area contributed by atoms with Crippen LogP contribution >= 0.6 is 15.9 Å². The van der Waals surface area contributed by atoms with Crippen LogP contribution in [0.25, 0.3) is 0 Å². The van der Waals surface area contributed by atoms with Gasteiger partial charge in [-0.25, -0.2) is 4.79 Å². The molecule has 0 bridgehead atoms. The molecular weight excluding hydrogens is 362 g/mol. The van der Waals surface area contributed by atoms with Crippen molar-refractivity contribution in [1.29, 1.82) is 0 Å². The van der Waals surface area contributed by atoms with Crippen molar-refractivity contribution >= 4 is 38.6 Å². The number of halogens is 1. The molecule has 1 aromatic heterocycles. The summed E-state index contributed by atoms with van der Waals surface area (Å²) >= 11 is 3.40. The van der Waals surface area contributed by atoms with Crippen molar-refractivity contribution in [3.8, 4) is 0 Å². The second-order valence-electron chi connectivity index (χ2n) is 4.50. The number of carbonyl (C=O) groups excluding carboxylic acids is 1. The Balaban J connectivity index is 2.81. The van der Waals surface area contributed by atoms with Crippen LogP contribution in [0.3, 0.4) is 0 Å². The molecule has 0 saturated carbocycles. The average molecular weight is 380 g/mol. The Morgan fingerprint density at radius 3 is 2.62 bits per heavy atom. The van der Waals surface area contributed by atoms with Crippen LogP contribution in [0.5, 0.6) is 0 Å². The largest absolute Gasteiger partial charge is 0.480 e. The van der Waals surface area contributed by atoms with E-state index in [4.69, 9.17) is 5.11 Å². The van der Waals surface area contributed by atoms with Gasteiger partial charge in [0.1, 0.15) is 6.04 Å².